The van der Waals surface area contributed by atoms with Gasteiger partial charge in [0, 0.05) is 38.5 Å². The van der Waals surface area contributed by atoms with Crippen molar-refractivity contribution in [3.8, 4) is 0 Å². The fourth-order valence-electron chi connectivity index (χ4n) is 12.7. The Morgan fingerprint density at radius 2 is 1.38 bits per heavy atom. The summed E-state index contributed by atoms with van der Waals surface area (Å²) in [4.78, 5) is 32.8. The van der Waals surface area contributed by atoms with Crippen LogP contribution in [0.3, 0.4) is 0 Å². The number of aliphatic hydroxyl groups excluding tert-OH is 3. The van der Waals surface area contributed by atoms with Crippen LogP contribution < -0.4 is 15.9 Å². The zero-order chi connectivity index (χ0) is 60.6. The van der Waals surface area contributed by atoms with Crippen molar-refractivity contribution in [1.82, 2.24) is 9.80 Å². The first-order valence-corrected chi connectivity index (χ1v) is 30.8. The molecule has 18 atom stereocenters. The number of likely N-dealkylation sites (N-methyl/N-ethyl adjacent to an activating group) is 1. The van der Waals surface area contributed by atoms with Crippen LogP contribution in [0.5, 0.6) is 0 Å². The summed E-state index contributed by atoms with van der Waals surface area (Å²) in [5.41, 5.74) is -4.13. The topological polar surface area (TPSA) is 197 Å². The molecule has 0 bridgehead atoms. The molecule has 460 valence electrons. The fourth-order valence-corrected chi connectivity index (χ4v) is 15.1. The number of hydrogen-bond acceptors (Lipinski definition) is 14. The summed E-state index contributed by atoms with van der Waals surface area (Å²) in [7, 11) is 3.92. The third-order valence-corrected chi connectivity index (χ3v) is 20.1. The molecule has 0 aromatic heterocycles. The van der Waals surface area contributed by atoms with Crippen molar-refractivity contribution in [1.29, 1.82) is 0 Å². The first-order chi connectivity index (χ1) is 38.5. The third-order valence-electron chi connectivity index (χ3n) is 17.5. The highest BCUT2D eigenvalue weighted by molar-refractivity contribution is 7.79. The molecule has 5 N–H and O–H groups in total. The number of ether oxygens (including phenoxy) is 6. The van der Waals surface area contributed by atoms with Crippen molar-refractivity contribution in [3.63, 3.8) is 0 Å². The number of carbonyl (C=O) groups excluding carboxylic acids is 2. The molecule has 3 aliphatic rings. The fraction of sp³-hybridized carbons (Fsp3) is 0.683. The number of aryl methyl sites for hydroxylation is 1. The van der Waals surface area contributed by atoms with Gasteiger partial charge in [0.15, 0.2) is 12.6 Å². The number of aliphatic hydroxyl groups is 5. The molecule has 3 aromatic rings. The number of esters is 1. The van der Waals surface area contributed by atoms with Crippen molar-refractivity contribution in [3.05, 3.63) is 89.7 Å². The monoisotopic (exact) mass is 1170 g/mol. The van der Waals surface area contributed by atoms with E-state index in [9.17, 15) is 48.3 Å². The molecular weight excluding hydrogens is 1080 g/mol. The van der Waals surface area contributed by atoms with E-state index in [1.807, 2.05) is 32.8 Å². The van der Waals surface area contributed by atoms with Gasteiger partial charge in [0.05, 0.1) is 47.6 Å². The van der Waals surface area contributed by atoms with Crippen molar-refractivity contribution < 1.29 is 76.7 Å². The van der Waals surface area contributed by atoms with Crippen LogP contribution in [0.4, 0.5) is 13.2 Å². The standard InChI is InChI=1S/C63H94F3N2O13P/c1-14-51-63(10,75)56(71)41(6)68(52(69)21-19-17-15-16-18-20-43-33-46(66)26-31-50(43)82(47-27-22-44(64)23-28-47)48-29-24-45(65)25-30-48)36-37(2)34-61(8,74)58(81-60-54(70)49(67(11)12)32-38(3)77-60)39(4)55(40(5)59(73)79-51)80-53-35-62(9,76-13)57(72)42(7)78-53/h22-31,33,37-42,49,51,53-58,60,70-72,74-75H,14-21,32,34-36H2,1-13H3/t37-,38-,39+,40-,41-,42+,49+,51-,53+,54-,55+,56-,57+,58-,60+,61-,62-,63-/m1/s1. The maximum atomic E-state index is 14.9. The number of cyclic esters (lactones) is 1. The van der Waals surface area contributed by atoms with Crippen molar-refractivity contribution in [2.24, 2.45) is 17.8 Å². The van der Waals surface area contributed by atoms with E-state index >= 15 is 0 Å². The number of benzene rings is 3. The van der Waals surface area contributed by atoms with Crippen LogP contribution >= 0.6 is 7.92 Å². The number of nitrogens with zero attached hydrogens (tertiary/aromatic N) is 2. The summed E-state index contributed by atoms with van der Waals surface area (Å²) in [5, 5.41) is 63.1. The van der Waals surface area contributed by atoms with Gasteiger partial charge in [0.2, 0.25) is 5.91 Å². The van der Waals surface area contributed by atoms with Crippen molar-refractivity contribution in [2.45, 2.75) is 230 Å². The highest BCUT2D eigenvalue weighted by atomic mass is 31.1. The summed E-state index contributed by atoms with van der Waals surface area (Å²) >= 11 is 0. The lowest BCUT2D eigenvalue weighted by atomic mass is 9.77. The number of rotatable bonds is 18. The first kappa shape index (κ1) is 67.5. The van der Waals surface area contributed by atoms with E-state index in [2.05, 4.69) is 0 Å². The Morgan fingerprint density at radius 3 is 1.96 bits per heavy atom. The molecule has 3 aromatic carbocycles. The Hall–Kier alpha value is -3.62. The highest BCUT2D eigenvalue weighted by Gasteiger charge is 2.53. The van der Waals surface area contributed by atoms with E-state index < -0.39 is 110 Å². The van der Waals surface area contributed by atoms with Gasteiger partial charge in [-0.2, -0.15) is 0 Å². The molecule has 0 saturated carbocycles. The molecule has 0 spiro atoms. The van der Waals surface area contributed by atoms with Gasteiger partial charge in [-0.3, -0.25) is 9.59 Å². The molecule has 82 heavy (non-hydrogen) atoms. The van der Waals surface area contributed by atoms with Gasteiger partial charge in [-0.05, 0) is 173 Å². The molecule has 6 rings (SSSR count). The molecule has 3 heterocycles. The summed E-state index contributed by atoms with van der Waals surface area (Å²) in [6.07, 6.45) is -6.01. The molecule has 15 nitrogen and oxygen atoms in total. The Labute approximate surface area is 485 Å². The van der Waals surface area contributed by atoms with Gasteiger partial charge in [-0.15, -0.1) is 0 Å². The number of hydrogen-bond donors (Lipinski definition) is 5. The van der Waals surface area contributed by atoms with E-state index in [4.69, 9.17) is 28.4 Å². The largest absolute Gasteiger partial charge is 0.459 e. The summed E-state index contributed by atoms with van der Waals surface area (Å²) in [6.45, 7) is 17.0. The number of unbranched alkanes of at least 4 members (excludes halogenated alkanes) is 4. The maximum absolute atomic E-state index is 14.9. The average Bonchev–Trinajstić information content (AvgIpc) is 3.64. The zero-order valence-corrected chi connectivity index (χ0v) is 51.4. The third kappa shape index (κ3) is 16.5. The predicted molar refractivity (Wildman–Crippen MR) is 310 cm³/mol. The van der Waals surface area contributed by atoms with Gasteiger partial charge < -0.3 is 63.8 Å². The van der Waals surface area contributed by atoms with Gasteiger partial charge in [-0.25, -0.2) is 13.2 Å². The number of methoxy groups -OCH3 is 1. The van der Waals surface area contributed by atoms with Crippen LogP contribution in [0.15, 0.2) is 66.7 Å². The molecular formula is C63H94F3N2O13P. The SMILES string of the molecule is CC[C@H]1OC(=O)[C@H](C)[C@@H](O[C@H]2C[C@@](C)(OC)[C@@H](O)[C@H](C)O2)[C@H](C)[C@@H](O[C@@H]2O[C@H](C)C[C@H](N(C)C)[C@H]2O)[C@](C)(O)C[C@@H](C)CN(C(=O)CCCCCCCc2cc(F)ccc2P(c2ccc(F)cc2)c2ccc(F)cc2)[C@H](C)[C@@H](O)[C@]1(C)O. The van der Waals surface area contributed by atoms with Crippen LogP contribution in [0.25, 0.3) is 0 Å². The first-order valence-electron chi connectivity index (χ1n) is 29.4. The lowest BCUT2D eigenvalue weighted by Crippen LogP contribution is -2.60. The van der Waals surface area contributed by atoms with Crippen LogP contribution in [0, 0.1) is 35.2 Å². The summed E-state index contributed by atoms with van der Waals surface area (Å²) in [6, 6.07) is 15.8. The molecule has 19 heteroatoms. The van der Waals surface area contributed by atoms with E-state index in [0.717, 1.165) is 34.3 Å². The second-order valence-electron chi connectivity index (χ2n) is 24.6. The molecule has 3 aliphatic heterocycles. The minimum absolute atomic E-state index is 0.0112. The normalized spacial score (nSPS) is 35.5. The van der Waals surface area contributed by atoms with Crippen molar-refractivity contribution >= 4 is 35.7 Å². The van der Waals surface area contributed by atoms with E-state index in [-0.39, 0.29) is 67.7 Å². The molecule has 0 aliphatic carbocycles. The van der Waals surface area contributed by atoms with Crippen molar-refractivity contribution in [2.75, 3.05) is 27.7 Å². The van der Waals surface area contributed by atoms with Gasteiger partial charge >= 0.3 is 5.97 Å². The quantitative estimate of drug-likeness (QED) is 0.0476. The van der Waals surface area contributed by atoms with Crippen LogP contribution in [0.1, 0.15) is 139 Å². The Morgan fingerprint density at radius 1 is 0.793 bits per heavy atom. The van der Waals surface area contributed by atoms with E-state index in [0.29, 0.717) is 32.1 Å². The number of halogens is 3. The second kappa shape index (κ2) is 29.2. The Bertz CT molecular complexity index is 2470. The van der Waals surface area contributed by atoms with Crippen LogP contribution in [-0.4, -0.2) is 165 Å². The molecule has 3 saturated heterocycles. The Kier molecular flexibility index (Phi) is 24.0. The minimum Gasteiger partial charge on any atom is -0.459 e. The molecule has 0 unspecified atom stereocenters. The molecule has 1 amide bonds. The van der Waals surface area contributed by atoms with E-state index in [1.54, 1.807) is 78.8 Å². The number of amides is 1. The zero-order valence-electron chi connectivity index (χ0n) is 50.5. The van der Waals surface area contributed by atoms with Gasteiger partial charge in [0.25, 0.3) is 0 Å². The minimum atomic E-state index is -2.07. The second-order valence-corrected chi connectivity index (χ2v) is 26.8. The number of carbonyl (C=O) groups is 2. The molecule has 0 radical (unpaired) electrons. The van der Waals surface area contributed by atoms with Gasteiger partial charge in [-0.1, -0.05) is 70.4 Å². The molecule has 3 fully saturated rings. The lowest BCUT2D eigenvalue weighted by Gasteiger charge is -2.48. The lowest BCUT2D eigenvalue weighted by molar-refractivity contribution is -0.318. The highest BCUT2D eigenvalue weighted by Crippen LogP contribution is 2.41. The maximum Gasteiger partial charge on any atom is 0.311 e. The smallest absolute Gasteiger partial charge is 0.311 e. The summed E-state index contributed by atoms with van der Waals surface area (Å²) in [5.74, 6) is -4.71. The van der Waals surface area contributed by atoms with Crippen LogP contribution in [-0.2, 0) is 44.4 Å². The summed E-state index contributed by atoms with van der Waals surface area (Å²) < 4.78 is 81.2. The van der Waals surface area contributed by atoms with Crippen LogP contribution in [0.2, 0.25) is 0 Å². The van der Waals surface area contributed by atoms with Gasteiger partial charge in [0.1, 0.15) is 47.5 Å². The Balaban J connectivity index is 1.23. The average molecular weight is 1180 g/mol. The predicted octanol–water partition coefficient (Wildman–Crippen LogP) is 7.56. The van der Waals surface area contributed by atoms with E-state index in [1.165, 1.54) is 55.3 Å².